The molecule has 1 N–H and O–H groups in total. The Balaban J connectivity index is 1.60. The molecule has 0 bridgehead atoms. The number of carbonyl (C=O) groups excluding carboxylic acids is 1. The van der Waals surface area contributed by atoms with E-state index in [0.29, 0.717) is 21.9 Å². The highest BCUT2D eigenvalue weighted by Gasteiger charge is 2.21. The van der Waals surface area contributed by atoms with Gasteiger partial charge in [-0.25, -0.2) is 4.98 Å². The number of amides is 1. The van der Waals surface area contributed by atoms with Crippen molar-refractivity contribution >= 4 is 39.6 Å². The summed E-state index contributed by atoms with van der Waals surface area (Å²) in [6.45, 7) is 0. The second-order valence-corrected chi connectivity index (χ2v) is 9.64. The van der Waals surface area contributed by atoms with Crippen molar-refractivity contribution in [3.8, 4) is 18.0 Å². The summed E-state index contributed by atoms with van der Waals surface area (Å²) in [7, 11) is 1.86. The van der Waals surface area contributed by atoms with E-state index in [1.54, 1.807) is 4.57 Å². The molecule has 0 saturated heterocycles. The minimum absolute atomic E-state index is 0.0293. The van der Waals surface area contributed by atoms with Crippen LogP contribution >= 0.6 is 11.8 Å². The van der Waals surface area contributed by atoms with Gasteiger partial charge in [0, 0.05) is 24.0 Å². The second-order valence-electron chi connectivity index (χ2n) is 8.69. The van der Waals surface area contributed by atoms with Crippen LogP contribution in [0.25, 0.3) is 27.6 Å². The smallest absolute Gasteiger partial charge is 0.283 e. The SMILES string of the molecule is C#Cc1ccc2c(c1)c1nc(SCC(=O)NC3CCCCC3)n(-c3ccccc3)c(=O)c1n2C. The van der Waals surface area contributed by atoms with Crippen LogP contribution in [0.5, 0.6) is 0 Å². The number of hydrogen-bond acceptors (Lipinski definition) is 4. The van der Waals surface area contributed by atoms with Crippen molar-refractivity contribution in [2.45, 2.75) is 43.3 Å². The maximum absolute atomic E-state index is 13.8. The third-order valence-electron chi connectivity index (χ3n) is 6.46. The van der Waals surface area contributed by atoms with Crippen molar-refractivity contribution in [1.29, 1.82) is 0 Å². The zero-order valence-corrected chi connectivity index (χ0v) is 19.9. The Morgan fingerprint density at radius 2 is 1.94 bits per heavy atom. The molecular formula is C27H26N4O2S. The van der Waals surface area contributed by atoms with Gasteiger partial charge in [-0.05, 0) is 43.2 Å². The van der Waals surface area contributed by atoms with Crippen molar-refractivity contribution in [1.82, 2.24) is 19.4 Å². The van der Waals surface area contributed by atoms with Crippen molar-refractivity contribution in [3.63, 3.8) is 0 Å². The topological polar surface area (TPSA) is 68.9 Å². The lowest BCUT2D eigenvalue weighted by atomic mass is 9.95. The lowest BCUT2D eigenvalue weighted by Gasteiger charge is -2.22. The van der Waals surface area contributed by atoms with Crippen molar-refractivity contribution in [2.24, 2.45) is 7.05 Å². The van der Waals surface area contributed by atoms with E-state index < -0.39 is 0 Å². The van der Waals surface area contributed by atoms with E-state index >= 15 is 0 Å². The first-order chi connectivity index (χ1) is 16.6. The van der Waals surface area contributed by atoms with Gasteiger partial charge < -0.3 is 9.88 Å². The van der Waals surface area contributed by atoms with Crippen LogP contribution < -0.4 is 10.9 Å². The number of rotatable bonds is 5. The van der Waals surface area contributed by atoms with E-state index in [1.165, 1.54) is 18.2 Å². The quantitative estimate of drug-likeness (QED) is 0.267. The van der Waals surface area contributed by atoms with Crippen LogP contribution in [0.2, 0.25) is 0 Å². The van der Waals surface area contributed by atoms with Crippen LogP contribution in [0, 0.1) is 12.3 Å². The summed E-state index contributed by atoms with van der Waals surface area (Å²) in [6.07, 6.45) is 11.2. The summed E-state index contributed by atoms with van der Waals surface area (Å²) in [5.41, 5.74) is 3.26. The first kappa shape index (κ1) is 22.3. The minimum atomic E-state index is -0.174. The van der Waals surface area contributed by atoms with Gasteiger partial charge >= 0.3 is 0 Å². The monoisotopic (exact) mass is 470 g/mol. The van der Waals surface area contributed by atoms with Crippen molar-refractivity contribution in [3.05, 3.63) is 64.4 Å². The molecule has 4 aromatic rings. The first-order valence-electron chi connectivity index (χ1n) is 11.6. The molecule has 0 atom stereocenters. The van der Waals surface area contributed by atoms with Gasteiger partial charge in [-0.15, -0.1) is 6.42 Å². The third kappa shape index (κ3) is 4.10. The number of fused-ring (bicyclic) bond motifs is 3. The Morgan fingerprint density at radius 1 is 1.18 bits per heavy atom. The second kappa shape index (κ2) is 9.40. The third-order valence-corrected chi connectivity index (χ3v) is 7.40. The number of para-hydroxylation sites is 1. The fourth-order valence-electron chi connectivity index (χ4n) is 4.76. The van der Waals surface area contributed by atoms with Crippen molar-refractivity contribution in [2.75, 3.05) is 5.75 Å². The lowest BCUT2D eigenvalue weighted by molar-refractivity contribution is -0.119. The van der Waals surface area contributed by atoms with Gasteiger partial charge in [0.1, 0.15) is 11.0 Å². The largest absolute Gasteiger partial charge is 0.353 e. The summed E-state index contributed by atoms with van der Waals surface area (Å²) >= 11 is 1.29. The van der Waals surface area contributed by atoms with Crippen LogP contribution in [0.4, 0.5) is 0 Å². The maximum Gasteiger partial charge on any atom is 0.283 e. The first-order valence-corrected chi connectivity index (χ1v) is 12.5. The number of carbonyl (C=O) groups is 1. The van der Waals surface area contributed by atoms with Gasteiger partial charge in [0.2, 0.25) is 5.91 Å². The van der Waals surface area contributed by atoms with Gasteiger partial charge in [-0.2, -0.15) is 0 Å². The molecule has 2 heterocycles. The van der Waals surface area contributed by atoms with Crippen LogP contribution in [-0.2, 0) is 11.8 Å². The molecule has 1 fully saturated rings. The number of benzene rings is 2. The average Bonchev–Trinajstić information content (AvgIpc) is 3.15. The van der Waals surface area contributed by atoms with E-state index in [1.807, 2.05) is 60.1 Å². The fourth-order valence-corrected chi connectivity index (χ4v) is 5.58. The normalized spacial score (nSPS) is 14.4. The van der Waals surface area contributed by atoms with Gasteiger partial charge in [0.15, 0.2) is 5.16 Å². The lowest BCUT2D eigenvalue weighted by Crippen LogP contribution is -2.37. The Labute approximate surface area is 202 Å². The molecule has 34 heavy (non-hydrogen) atoms. The Morgan fingerprint density at radius 3 is 2.68 bits per heavy atom. The van der Waals surface area contributed by atoms with E-state index in [-0.39, 0.29) is 23.3 Å². The molecule has 2 aromatic heterocycles. The Bertz CT molecular complexity index is 1470. The molecule has 0 unspecified atom stereocenters. The summed E-state index contributed by atoms with van der Waals surface area (Å²) in [5, 5.41) is 4.47. The molecule has 1 amide bonds. The molecule has 172 valence electrons. The minimum Gasteiger partial charge on any atom is -0.353 e. The zero-order chi connectivity index (χ0) is 23.7. The summed E-state index contributed by atoms with van der Waals surface area (Å²) in [6, 6.07) is 15.3. The molecule has 0 spiro atoms. The number of nitrogens with one attached hydrogen (secondary N) is 1. The van der Waals surface area contributed by atoms with E-state index in [4.69, 9.17) is 11.4 Å². The number of hydrogen-bond donors (Lipinski definition) is 1. The van der Waals surface area contributed by atoms with Crippen LogP contribution in [0.1, 0.15) is 37.7 Å². The molecule has 1 aliphatic carbocycles. The standard InChI is InChI=1S/C27H26N4O2S/c1-3-18-14-15-22-21(16-18)24-25(30(22)2)26(33)31(20-12-8-5-9-13-20)27(29-24)34-17-23(32)28-19-10-6-4-7-11-19/h1,5,8-9,12-16,19H,4,6-7,10-11,17H2,2H3,(H,28,32). The predicted octanol–water partition coefficient (Wildman–Crippen LogP) is 4.40. The number of aryl methyl sites for hydroxylation is 1. The highest BCUT2D eigenvalue weighted by molar-refractivity contribution is 7.99. The molecule has 1 saturated carbocycles. The Hall–Kier alpha value is -3.50. The summed E-state index contributed by atoms with van der Waals surface area (Å²) < 4.78 is 3.46. The summed E-state index contributed by atoms with van der Waals surface area (Å²) in [4.78, 5) is 31.4. The predicted molar refractivity (Wildman–Crippen MR) is 137 cm³/mol. The number of thioether (sulfide) groups is 1. The van der Waals surface area contributed by atoms with Gasteiger partial charge in [0.25, 0.3) is 5.56 Å². The van der Waals surface area contributed by atoms with Crippen molar-refractivity contribution < 1.29 is 4.79 Å². The molecule has 5 rings (SSSR count). The van der Waals surface area contributed by atoms with E-state index in [9.17, 15) is 9.59 Å². The fraction of sp³-hybridized carbons (Fsp3) is 0.296. The van der Waals surface area contributed by atoms with Gasteiger partial charge in [0.05, 0.1) is 17.0 Å². The van der Waals surface area contributed by atoms with Crippen LogP contribution in [0.3, 0.4) is 0 Å². The number of nitrogens with zero attached hydrogens (tertiary/aromatic N) is 3. The maximum atomic E-state index is 13.8. The molecule has 2 aromatic carbocycles. The highest BCUT2D eigenvalue weighted by Crippen LogP contribution is 2.29. The van der Waals surface area contributed by atoms with Crippen LogP contribution in [0.15, 0.2) is 58.5 Å². The van der Waals surface area contributed by atoms with Crippen LogP contribution in [-0.4, -0.2) is 31.8 Å². The van der Waals surface area contributed by atoms with E-state index in [2.05, 4.69) is 11.2 Å². The molecular weight excluding hydrogens is 444 g/mol. The Kier molecular flexibility index (Phi) is 6.16. The molecule has 0 radical (unpaired) electrons. The summed E-state index contributed by atoms with van der Waals surface area (Å²) in [5.74, 6) is 2.83. The molecule has 0 aliphatic heterocycles. The molecule has 1 aliphatic rings. The van der Waals surface area contributed by atoms with E-state index in [0.717, 1.165) is 42.1 Å². The number of aromatic nitrogens is 3. The zero-order valence-electron chi connectivity index (χ0n) is 19.1. The van der Waals surface area contributed by atoms with Gasteiger partial charge in [-0.3, -0.25) is 14.2 Å². The van der Waals surface area contributed by atoms with Gasteiger partial charge in [-0.1, -0.05) is 55.1 Å². The average molecular weight is 471 g/mol. The molecule has 7 heteroatoms. The molecule has 6 nitrogen and oxygen atoms in total. The highest BCUT2D eigenvalue weighted by atomic mass is 32.2. The number of terminal acetylenes is 1.